The number of piperidine rings is 1. The van der Waals surface area contributed by atoms with Gasteiger partial charge in [0.2, 0.25) is 5.88 Å². The standard InChI is InChI=1S/C28H32F2N6O2/c1-17-23-15-32-33-26(23)35(16-19-5-3-4-6-21(19)18-7-8-18)28(37)36(17)20-10-13-34(14-11-20)24-22(25(29)30)9-12-31-27(24)38-2/h3-6,9,12,15,17-18,20,25H,7-8,10-11,13-14,16H2,1-2H3,(H,32,33)/t17-/m0/s1. The summed E-state index contributed by atoms with van der Waals surface area (Å²) >= 11 is 0. The first-order valence-electron chi connectivity index (χ1n) is 13.2. The largest absolute Gasteiger partial charge is 0.480 e. The van der Waals surface area contributed by atoms with Crippen molar-refractivity contribution in [2.24, 2.45) is 0 Å². The molecule has 38 heavy (non-hydrogen) atoms. The lowest BCUT2D eigenvalue weighted by Gasteiger charge is -2.46. The minimum atomic E-state index is -2.63. The van der Waals surface area contributed by atoms with Crippen LogP contribution in [0.5, 0.6) is 5.88 Å². The van der Waals surface area contributed by atoms with Crippen LogP contribution in [0.25, 0.3) is 0 Å². The number of ether oxygens (including phenoxy) is 1. The highest BCUT2D eigenvalue weighted by Crippen LogP contribution is 2.44. The van der Waals surface area contributed by atoms with E-state index in [9.17, 15) is 13.6 Å². The van der Waals surface area contributed by atoms with Gasteiger partial charge in [0.05, 0.1) is 19.7 Å². The van der Waals surface area contributed by atoms with Gasteiger partial charge in [0.25, 0.3) is 6.43 Å². The van der Waals surface area contributed by atoms with Gasteiger partial charge in [-0.1, -0.05) is 24.3 Å². The topological polar surface area (TPSA) is 77.6 Å². The molecule has 0 radical (unpaired) electrons. The lowest BCUT2D eigenvalue weighted by Crippen LogP contribution is -2.55. The highest BCUT2D eigenvalue weighted by molar-refractivity contribution is 5.94. The van der Waals surface area contributed by atoms with Crippen molar-refractivity contribution in [3.05, 3.63) is 65.0 Å². The Morgan fingerprint density at radius 3 is 2.58 bits per heavy atom. The van der Waals surface area contributed by atoms with Gasteiger partial charge in [0.1, 0.15) is 5.69 Å². The fourth-order valence-corrected chi connectivity index (χ4v) is 6.08. The van der Waals surface area contributed by atoms with Crippen molar-refractivity contribution in [3.8, 4) is 5.88 Å². The van der Waals surface area contributed by atoms with Gasteiger partial charge < -0.3 is 14.5 Å². The van der Waals surface area contributed by atoms with E-state index in [4.69, 9.17) is 4.74 Å². The molecule has 2 aromatic heterocycles. The van der Waals surface area contributed by atoms with Crippen LogP contribution in [0.15, 0.2) is 42.7 Å². The third-order valence-corrected chi connectivity index (χ3v) is 8.15. The van der Waals surface area contributed by atoms with Gasteiger partial charge in [-0.15, -0.1) is 0 Å². The number of H-pyrrole nitrogens is 1. The number of hydrogen-bond acceptors (Lipinski definition) is 5. The number of nitrogens with one attached hydrogen (secondary N) is 1. The molecule has 1 atom stereocenters. The van der Waals surface area contributed by atoms with Crippen molar-refractivity contribution >= 4 is 17.5 Å². The molecule has 1 saturated heterocycles. The number of aromatic amines is 1. The third kappa shape index (κ3) is 4.25. The van der Waals surface area contributed by atoms with Gasteiger partial charge in [-0.05, 0) is 55.7 Å². The van der Waals surface area contributed by atoms with Gasteiger partial charge in [-0.2, -0.15) is 5.10 Å². The first kappa shape index (κ1) is 24.6. The van der Waals surface area contributed by atoms with Crippen LogP contribution >= 0.6 is 0 Å². The molecule has 1 N–H and O–H groups in total. The predicted molar refractivity (Wildman–Crippen MR) is 140 cm³/mol. The average molecular weight is 523 g/mol. The Labute approximate surface area is 220 Å². The molecule has 2 aliphatic heterocycles. The first-order chi connectivity index (χ1) is 18.5. The molecule has 0 unspecified atom stereocenters. The molecule has 6 rings (SSSR count). The quantitative estimate of drug-likeness (QED) is 0.424. The number of nitrogens with zero attached hydrogens (tertiary/aromatic N) is 5. The van der Waals surface area contributed by atoms with Crippen molar-refractivity contribution in [1.82, 2.24) is 20.1 Å². The zero-order chi connectivity index (χ0) is 26.4. The van der Waals surface area contributed by atoms with E-state index in [1.807, 2.05) is 29.0 Å². The zero-order valence-corrected chi connectivity index (χ0v) is 21.6. The van der Waals surface area contributed by atoms with Crippen molar-refractivity contribution in [2.45, 2.75) is 63.6 Å². The van der Waals surface area contributed by atoms with E-state index < -0.39 is 6.43 Å². The van der Waals surface area contributed by atoms with Crippen molar-refractivity contribution in [1.29, 1.82) is 0 Å². The molecule has 8 nitrogen and oxygen atoms in total. The molecular formula is C28H32F2N6O2. The SMILES string of the molecule is COc1nccc(C(F)F)c1N1CCC(N2C(=O)N(Cc3ccccc3C3CC3)c3n[nH]cc3[C@@H]2C)CC1. The fourth-order valence-electron chi connectivity index (χ4n) is 6.08. The molecule has 0 bridgehead atoms. The van der Waals surface area contributed by atoms with Crippen LogP contribution in [-0.2, 0) is 6.54 Å². The summed E-state index contributed by atoms with van der Waals surface area (Å²) in [6, 6.07) is 9.48. The van der Waals surface area contributed by atoms with Gasteiger partial charge in [0, 0.05) is 42.7 Å². The van der Waals surface area contributed by atoms with Crippen LogP contribution in [0.1, 0.15) is 73.2 Å². The summed E-state index contributed by atoms with van der Waals surface area (Å²) < 4.78 is 32.9. The molecule has 0 spiro atoms. The smallest absolute Gasteiger partial charge is 0.326 e. The Balaban J connectivity index is 1.25. The number of amides is 2. The Morgan fingerprint density at radius 2 is 1.87 bits per heavy atom. The van der Waals surface area contributed by atoms with Gasteiger partial charge >= 0.3 is 6.03 Å². The highest BCUT2D eigenvalue weighted by Gasteiger charge is 2.42. The number of pyridine rings is 1. The highest BCUT2D eigenvalue weighted by atomic mass is 19.3. The van der Waals surface area contributed by atoms with E-state index in [0.29, 0.717) is 49.9 Å². The van der Waals surface area contributed by atoms with E-state index in [1.54, 1.807) is 4.90 Å². The Morgan fingerprint density at radius 1 is 1.11 bits per heavy atom. The first-order valence-corrected chi connectivity index (χ1v) is 13.2. The van der Waals surface area contributed by atoms with Crippen molar-refractivity contribution < 1.29 is 18.3 Å². The van der Waals surface area contributed by atoms with Gasteiger partial charge in [0.15, 0.2) is 5.82 Å². The van der Waals surface area contributed by atoms with E-state index in [2.05, 4.69) is 33.4 Å². The van der Waals surface area contributed by atoms with Gasteiger partial charge in [-0.25, -0.2) is 18.6 Å². The maximum absolute atomic E-state index is 14.0. The predicted octanol–water partition coefficient (Wildman–Crippen LogP) is 5.80. The number of carbonyl (C=O) groups excluding carboxylic acids is 1. The van der Waals surface area contributed by atoms with Gasteiger partial charge in [-0.3, -0.25) is 10.00 Å². The number of methoxy groups -OCH3 is 1. The molecule has 3 aliphatic rings. The number of fused-ring (bicyclic) bond motifs is 1. The molecule has 3 aromatic rings. The summed E-state index contributed by atoms with van der Waals surface area (Å²) in [4.78, 5) is 23.9. The lowest BCUT2D eigenvalue weighted by atomic mass is 9.96. The molecule has 200 valence electrons. The number of anilines is 2. The van der Waals surface area contributed by atoms with Crippen LogP contribution in [0, 0.1) is 0 Å². The summed E-state index contributed by atoms with van der Waals surface area (Å²) in [5, 5.41) is 7.42. The summed E-state index contributed by atoms with van der Waals surface area (Å²) in [6.07, 6.45) is 4.28. The van der Waals surface area contributed by atoms with Crippen LogP contribution in [0.4, 0.5) is 25.1 Å². The summed E-state index contributed by atoms with van der Waals surface area (Å²) in [6.45, 7) is 3.54. The minimum absolute atomic E-state index is 0.0318. The maximum Gasteiger partial charge on any atom is 0.326 e. The second-order valence-corrected chi connectivity index (χ2v) is 10.4. The number of hydrogen-bond donors (Lipinski definition) is 1. The third-order valence-electron chi connectivity index (χ3n) is 8.15. The molecule has 4 heterocycles. The number of carbonyl (C=O) groups is 1. The van der Waals surface area contributed by atoms with Crippen LogP contribution in [-0.4, -0.2) is 52.4 Å². The Hall–Kier alpha value is -3.69. The molecular weight excluding hydrogens is 490 g/mol. The van der Waals surface area contributed by atoms with Crippen LogP contribution in [0.3, 0.4) is 0 Å². The number of halogens is 2. The monoisotopic (exact) mass is 522 g/mol. The second-order valence-electron chi connectivity index (χ2n) is 10.4. The molecule has 2 fully saturated rings. The zero-order valence-electron chi connectivity index (χ0n) is 21.6. The van der Waals surface area contributed by atoms with E-state index in [-0.39, 0.29) is 29.6 Å². The number of alkyl halides is 2. The lowest BCUT2D eigenvalue weighted by molar-refractivity contribution is 0.135. The number of benzene rings is 1. The fraction of sp³-hybridized carbons (Fsp3) is 0.464. The van der Waals surface area contributed by atoms with Crippen LogP contribution in [0.2, 0.25) is 0 Å². The summed E-state index contributed by atoms with van der Waals surface area (Å²) in [5.41, 5.74) is 3.73. The van der Waals surface area contributed by atoms with E-state index in [1.165, 1.54) is 37.8 Å². The molecule has 1 saturated carbocycles. The van der Waals surface area contributed by atoms with Crippen molar-refractivity contribution in [3.63, 3.8) is 0 Å². The van der Waals surface area contributed by atoms with E-state index >= 15 is 0 Å². The molecule has 1 aliphatic carbocycles. The molecule has 2 amide bonds. The molecule has 10 heteroatoms. The Kier molecular flexibility index (Phi) is 6.41. The maximum atomic E-state index is 14.0. The number of aromatic nitrogens is 3. The number of rotatable bonds is 7. The average Bonchev–Trinajstić information content (AvgIpc) is 3.66. The number of urea groups is 1. The van der Waals surface area contributed by atoms with Crippen LogP contribution < -0.4 is 14.5 Å². The Bertz CT molecular complexity index is 1320. The summed E-state index contributed by atoms with van der Waals surface area (Å²) in [5.74, 6) is 1.46. The normalized spacial score (nSPS) is 20.3. The van der Waals surface area contributed by atoms with Crippen molar-refractivity contribution in [2.75, 3.05) is 30.0 Å². The second kappa shape index (κ2) is 9.89. The van der Waals surface area contributed by atoms with E-state index in [0.717, 1.165) is 11.1 Å². The summed E-state index contributed by atoms with van der Waals surface area (Å²) in [7, 11) is 1.44. The molecule has 1 aromatic carbocycles. The minimum Gasteiger partial charge on any atom is -0.480 e.